The highest BCUT2D eigenvalue weighted by molar-refractivity contribution is 5.78. The largest absolute Gasteiger partial charge is 0.381 e. The molecule has 4 N–H and O–H groups in total. The zero-order valence-corrected chi connectivity index (χ0v) is 15.4. The number of hydrogen-bond acceptors (Lipinski definition) is 5. The summed E-state index contributed by atoms with van der Waals surface area (Å²) in [5, 5.41) is 13.4. The van der Waals surface area contributed by atoms with E-state index in [2.05, 4.69) is 35.2 Å². The summed E-state index contributed by atoms with van der Waals surface area (Å²) >= 11 is 0. The van der Waals surface area contributed by atoms with Crippen molar-refractivity contribution >= 4 is 18.0 Å². The molecule has 2 amide bonds. The summed E-state index contributed by atoms with van der Waals surface area (Å²) in [6, 6.07) is 8.49. The third kappa shape index (κ3) is 6.31. The van der Waals surface area contributed by atoms with Crippen molar-refractivity contribution in [1.29, 1.82) is 0 Å². The van der Waals surface area contributed by atoms with E-state index in [1.807, 2.05) is 12.1 Å². The lowest BCUT2D eigenvalue weighted by Gasteiger charge is -2.27. The van der Waals surface area contributed by atoms with Crippen LogP contribution in [-0.2, 0) is 16.0 Å². The van der Waals surface area contributed by atoms with Crippen molar-refractivity contribution in [2.45, 2.75) is 51.5 Å². The van der Waals surface area contributed by atoms with Crippen molar-refractivity contribution in [3.63, 3.8) is 0 Å². The topological polar surface area (TPSA) is 93.7 Å². The molecule has 0 aliphatic carbocycles. The number of rotatable bonds is 11. The molecule has 1 heterocycles. The van der Waals surface area contributed by atoms with E-state index in [1.54, 1.807) is 0 Å². The summed E-state index contributed by atoms with van der Waals surface area (Å²) in [5.41, 5.74) is 8.19. The Morgan fingerprint density at radius 2 is 2.23 bits per heavy atom. The normalized spacial score (nSPS) is 16.9. The van der Waals surface area contributed by atoms with Gasteiger partial charge in [-0.1, -0.05) is 44.4 Å². The van der Waals surface area contributed by atoms with Gasteiger partial charge in [0.25, 0.3) is 0 Å². The molecule has 0 spiro atoms. The molecule has 1 aliphatic rings. The molecular formula is C19H30N4O3. The smallest absolute Gasteiger partial charge is 0.239 e. The van der Waals surface area contributed by atoms with Gasteiger partial charge in [-0.15, -0.1) is 0 Å². The number of fused-ring (bicyclic) bond motifs is 1. The van der Waals surface area contributed by atoms with E-state index in [1.165, 1.54) is 5.56 Å². The standard InChI is InChI=1S/C19H30N4O3/c1-2-3-4-8-16(13-23(26)14-24)19(25)22-20-12-17-11-10-15-7-5-6-9-18(15)21-17/h5-7,9,14,16-17,20-21,26H,2-4,8,10-13H2,1H3,(H,22,25)/t16?,17-/m1/s1. The zero-order chi connectivity index (χ0) is 18.8. The van der Waals surface area contributed by atoms with Gasteiger partial charge in [-0.25, -0.2) is 10.5 Å². The highest BCUT2D eigenvalue weighted by Crippen LogP contribution is 2.23. The first kappa shape index (κ1) is 20.2. The Balaban J connectivity index is 1.77. The quantitative estimate of drug-likeness (QED) is 0.209. The first-order valence-electron chi connectivity index (χ1n) is 9.42. The first-order chi connectivity index (χ1) is 12.6. The molecule has 2 atom stereocenters. The predicted molar refractivity (Wildman–Crippen MR) is 101 cm³/mol. The van der Waals surface area contributed by atoms with Crippen molar-refractivity contribution in [3.05, 3.63) is 29.8 Å². The van der Waals surface area contributed by atoms with E-state index in [0.29, 0.717) is 24.4 Å². The van der Waals surface area contributed by atoms with Gasteiger partial charge in [0.2, 0.25) is 12.3 Å². The maximum absolute atomic E-state index is 12.4. The van der Waals surface area contributed by atoms with E-state index in [9.17, 15) is 14.8 Å². The summed E-state index contributed by atoms with van der Waals surface area (Å²) in [6.07, 6.45) is 5.95. The average Bonchev–Trinajstić information content (AvgIpc) is 2.67. The molecule has 7 nitrogen and oxygen atoms in total. The Morgan fingerprint density at radius 1 is 1.42 bits per heavy atom. The van der Waals surface area contributed by atoms with E-state index >= 15 is 0 Å². The SMILES string of the molecule is CCCCCC(CN(O)C=O)C(=O)NNC[C@H]1CCc2ccccc2N1. The first-order valence-corrected chi connectivity index (χ1v) is 9.42. The molecule has 0 fully saturated rings. The molecule has 0 radical (unpaired) electrons. The zero-order valence-electron chi connectivity index (χ0n) is 15.4. The maximum atomic E-state index is 12.4. The number of anilines is 1. The lowest BCUT2D eigenvalue weighted by molar-refractivity contribution is -0.154. The lowest BCUT2D eigenvalue weighted by Crippen LogP contribution is -2.48. The van der Waals surface area contributed by atoms with Crippen LogP contribution in [0.2, 0.25) is 0 Å². The van der Waals surface area contributed by atoms with E-state index in [-0.39, 0.29) is 18.5 Å². The van der Waals surface area contributed by atoms with Crippen molar-refractivity contribution in [3.8, 4) is 0 Å². The minimum Gasteiger partial charge on any atom is -0.381 e. The number of nitrogens with one attached hydrogen (secondary N) is 3. The van der Waals surface area contributed by atoms with Gasteiger partial charge in [-0.2, -0.15) is 0 Å². The Morgan fingerprint density at radius 3 is 3.00 bits per heavy atom. The van der Waals surface area contributed by atoms with Crippen molar-refractivity contribution in [1.82, 2.24) is 15.9 Å². The number of hydrogen-bond donors (Lipinski definition) is 4. The third-order valence-electron chi connectivity index (χ3n) is 4.76. The number of aryl methyl sites for hydroxylation is 1. The minimum atomic E-state index is -0.427. The number of para-hydroxylation sites is 1. The van der Waals surface area contributed by atoms with Gasteiger partial charge >= 0.3 is 0 Å². The molecule has 0 saturated carbocycles. The molecule has 26 heavy (non-hydrogen) atoms. The van der Waals surface area contributed by atoms with Crippen molar-refractivity contribution in [2.24, 2.45) is 5.92 Å². The monoisotopic (exact) mass is 362 g/mol. The second kappa shape index (κ2) is 10.8. The van der Waals surface area contributed by atoms with Gasteiger partial charge in [0.05, 0.1) is 12.5 Å². The predicted octanol–water partition coefficient (Wildman–Crippen LogP) is 2.08. The van der Waals surface area contributed by atoms with Crippen LogP contribution >= 0.6 is 0 Å². The Bertz CT molecular complexity index is 582. The molecular weight excluding hydrogens is 332 g/mol. The molecule has 2 rings (SSSR count). The van der Waals surface area contributed by atoms with Gasteiger partial charge in [-0.05, 0) is 30.9 Å². The molecule has 1 aliphatic heterocycles. The molecule has 1 aromatic carbocycles. The van der Waals surface area contributed by atoms with E-state index in [4.69, 9.17) is 0 Å². The molecule has 0 saturated heterocycles. The molecule has 1 unspecified atom stereocenters. The fourth-order valence-corrected chi connectivity index (χ4v) is 3.23. The molecule has 144 valence electrons. The highest BCUT2D eigenvalue weighted by Gasteiger charge is 2.21. The summed E-state index contributed by atoms with van der Waals surface area (Å²) in [4.78, 5) is 23.0. The highest BCUT2D eigenvalue weighted by atomic mass is 16.5. The van der Waals surface area contributed by atoms with Crippen LogP contribution < -0.4 is 16.2 Å². The van der Waals surface area contributed by atoms with Crippen LogP contribution in [0.4, 0.5) is 5.69 Å². The lowest BCUT2D eigenvalue weighted by atomic mass is 9.98. The van der Waals surface area contributed by atoms with Gasteiger partial charge in [0.15, 0.2) is 0 Å². The number of benzene rings is 1. The van der Waals surface area contributed by atoms with Gasteiger partial charge < -0.3 is 5.32 Å². The minimum absolute atomic E-state index is 0.00970. The van der Waals surface area contributed by atoms with Gasteiger partial charge in [0.1, 0.15) is 0 Å². The Hall–Kier alpha value is -2.12. The van der Waals surface area contributed by atoms with Crippen LogP contribution in [0.1, 0.15) is 44.6 Å². The number of carbonyl (C=O) groups is 2. The maximum Gasteiger partial charge on any atom is 0.239 e. The Kier molecular flexibility index (Phi) is 8.37. The summed E-state index contributed by atoms with van der Waals surface area (Å²) in [6.45, 7) is 2.71. The van der Waals surface area contributed by atoms with Crippen LogP contribution in [-0.4, -0.2) is 41.7 Å². The van der Waals surface area contributed by atoms with Crippen LogP contribution in [0.3, 0.4) is 0 Å². The second-order valence-electron chi connectivity index (χ2n) is 6.83. The third-order valence-corrected chi connectivity index (χ3v) is 4.76. The summed E-state index contributed by atoms with van der Waals surface area (Å²) < 4.78 is 0. The van der Waals surface area contributed by atoms with Gasteiger partial charge in [0, 0.05) is 18.3 Å². The van der Waals surface area contributed by atoms with E-state index in [0.717, 1.165) is 37.8 Å². The number of hydroxylamine groups is 2. The van der Waals surface area contributed by atoms with Gasteiger partial charge in [-0.3, -0.25) is 20.2 Å². The van der Waals surface area contributed by atoms with Crippen LogP contribution in [0.5, 0.6) is 0 Å². The van der Waals surface area contributed by atoms with Crippen LogP contribution in [0, 0.1) is 5.92 Å². The fraction of sp³-hybridized carbons (Fsp3) is 0.579. The molecule has 0 bridgehead atoms. The summed E-state index contributed by atoms with van der Waals surface area (Å²) in [7, 11) is 0. The summed E-state index contributed by atoms with van der Waals surface area (Å²) in [5.74, 6) is -0.623. The number of amides is 2. The fourth-order valence-electron chi connectivity index (χ4n) is 3.23. The number of nitrogens with zero attached hydrogens (tertiary/aromatic N) is 1. The molecule has 0 aromatic heterocycles. The van der Waals surface area contributed by atoms with E-state index < -0.39 is 5.92 Å². The van der Waals surface area contributed by atoms with Crippen LogP contribution in [0.15, 0.2) is 24.3 Å². The Labute approximate surface area is 155 Å². The molecule has 7 heteroatoms. The van der Waals surface area contributed by atoms with Crippen molar-refractivity contribution < 1.29 is 14.8 Å². The number of carbonyl (C=O) groups excluding carboxylic acids is 2. The number of hydrazine groups is 1. The molecule has 1 aromatic rings. The number of unbranched alkanes of at least 4 members (excludes halogenated alkanes) is 2. The van der Waals surface area contributed by atoms with Crippen molar-refractivity contribution in [2.75, 3.05) is 18.4 Å². The second-order valence-corrected chi connectivity index (χ2v) is 6.83. The van der Waals surface area contributed by atoms with Crippen LogP contribution in [0.25, 0.3) is 0 Å². The average molecular weight is 362 g/mol.